The van der Waals surface area contributed by atoms with Gasteiger partial charge < -0.3 is 14.8 Å². The predicted octanol–water partition coefficient (Wildman–Crippen LogP) is 4.30. The van der Waals surface area contributed by atoms with Crippen molar-refractivity contribution in [2.24, 2.45) is 0 Å². The van der Waals surface area contributed by atoms with E-state index in [0.29, 0.717) is 0 Å². The number of carbonyl (C=O) groups excluding carboxylic acids is 2. The minimum atomic E-state index is -0.847. The fourth-order valence-corrected chi connectivity index (χ4v) is 2.92. The second-order valence-electron chi connectivity index (χ2n) is 3.64. The Morgan fingerprint density at radius 2 is 1.64 bits per heavy atom. The number of rotatable bonds is 4. The van der Waals surface area contributed by atoms with Gasteiger partial charge in [-0.1, -0.05) is 23.2 Å². The van der Waals surface area contributed by atoms with E-state index in [1.54, 1.807) is 0 Å². The van der Waals surface area contributed by atoms with Crippen LogP contribution in [-0.2, 0) is 19.1 Å². The molecule has 0 atom stereocenters. The summed E-state index contributed by atoms with van der Waals surface area (Å²) in [6.07, 6.45) is 0.871. The van der Waals surface area contributed by atoms with Crippen molar-refractivity contribution in [3.05, 3.63) is 36.6 Å². The maximum absolute atomic E-state index is 13.7. The molecule has 22 heavy (non-hydrogen) atoms. The maximum Gasteiger partial charge on any atom is 0.354 e. The molecule has 0 fully saturated rings. The van der Waals surface area contributed by atoms with Crippen molar-refractivity contribution in [3.8, 4) is 0 Å². The average molecular weight is 480 g/mol. The van der Waals surface area contributed by atoms with Crippen molar-refractivity contribution in [2.45, 2.75) is 0 Å². The Morgan fingerprint density at radius 1 is 1.14 bits per heavy atom. The zero-order valence-corrected chi connectivity index (χ0v) is 15.8. The van der Waals surface area contributed by atoms with Crippen molar-refractivity contribution in [3.63, 3.8) is 0 Å². The summed E-state index contributed by atoms with van der Waals surface area (Å²) in [5.74, 6) is -2.48. The largest absolute Gasteiger partial charge is 0.466 e. The van der Waals surface area contributed by atoms with E-state index in [9.17, 15) is 14.0 Å². The quantitative estimate of drug-likeness (QED) is 0.302. The topological polar surface area (TPSA) is 64.6 Å². The number of anilines is 1. The Balaban J connectivity index is 3.40. The number of hydrogen-bond acceptors (Lipinski definition) is 5. The minimum absolute atomic E-state index is 0.0996. The fourth-order valence-electron chi connectivity index (χ4n) is 1.28. The van der Waals surface area contributed by atoms with Crippen molar-refractivity contribution >= 4 is 72.7 Å². The number of halogens is 5. The van der Waals surface area contributed by atoms with Gasteiger partial charge >= 0.3 is 11.9 Å². The lowest BCUT2D eigenvalue weighted by molar-refractivity contribution is -0.138. The lowest BCUT2D eigenvalue weighted by Crippen LogP contribution is -2.16. The molecule has 0 aliphatic heterocycles. The van der Waals surface area contributed by atoms with E-state index in [1.165, 1.54) is 0 Å². The molecule has 0 heterocycles. The molecule has 1 N–H and O–H groups in total. The summed E-state index contributed by atoms with van der Waals surface area (Å²) in [6.45, 7) is 0. The summed E-state index contributed by atoms with van der Waals surface area (Å²) in [5, 5.41) is 2.01. The number of nitrogens with one attached hydrogen (secondary N) is 1. The van der Waals surface area contributed by atoms with Gasteiger partial charge in [0, 0.05) is 0 Å². The van der Waals surface area contributed by atoms with Crippen LogP contribution in [0.3, 0.4) is 0 Å². The first-order chi connectivity index (χ1) is 10.2. The van der Waals surface area contributed by atoms with Gasteiger partial charge in [0.15, 0.2) is 5.82 Å². The van der Waals surface area contributed by atoms with Gasteiger partial charge in [-0.05, 0) is 31.9 Å². The van der Waals surface area contributed by atoms with Crippen LogP contribution in [0.4, 0.5) is 10.1 Å². The predicted molar refractivity (Wildman–Crippen MR) is 87.6 cm³/mol. The third-order valence-electron chi connectivity index (χ3n) is 2.34. The zero-order chi connectivity index (χ0) is 17.0. The summed E-state index contributed by atoms with van der Waals surface area (Å²) in [5.41, 5.74) is -0.119. The highest BCUT2D eigenvalue weighted by Gasteiger charge is 2.22. The van der Waals surface area contributed by atoms with Gasteiger partial charge in [0.05, 0.1) is 45.0 Å². The van der Waals surface area contributed by atoms with Gasteiger partial charge in [-0.15, -0.1) is 0 Å². The molecule has 0 spiro atoms. The van der Waals surface area contributed by atoms with Gasteiger partial charge in [0.1, 0.15) is 5.70 Å². The van der Waals surface area contributed by atoms with Crippen LogP contribution < -0.4 is 5.32 Å². The van der Waals surface area contributed by atoms with Gasteiger partial charge in [0.25, 0.3) is 0 Å². The van der Waals surface area contributed by atoms with Gasteiger partial charge in [-0.3, -0.25) is 0 Å². The molecule has 0 saturated heterocycles. The minimum Gasteiger partial charge on any atom is -0.466 e. The molecule has 0 aromatic heterocycles. The van der Waals surface area contributed by atoms with Crippen LogP contribution in [0.15, 0.2) is 20.7 Å². The van der Waals surface area contributed by atoms with Crippen LogP contribution in [0.5, 0.6) is 0 Å². The highest BCUT2D eigenvalue weighted by molar-refractivity contribution is 9.11. The Bertz CT molecular complexity index is 638. The van der Waals surface area contributed by atoms with E-state index < -0.39 is 17.8 Å². The van der Waals surface area contributed by atoms with Gasteiger partial charge in [-0.25, -0.2) is 14.0 Å². The Hall–Kier alpha value is -0.830. The molecule has 0 aliphatic carbocycles. The van der Waals surface area contributed by atoms with Crippen LogP contribution >= 0.6 is 55.1 Å². The summed E-state index contributed by atoms with van der Waals surface area (Å²) in [4.78, 5) is 23.0. The Morgan fingerprint density at radius 3 is 2.05 bits per heavy atom. The molecular formula is C12H8Br2Cl2FNO4. The zero-order valence-electron chi connectivity index (χ0n) is 11.1. The summed E-state index contributed by atoms with van der Waals surface area (Å²) < 4.78 is 22.9. The number of methoxy groups -OCH3 is 2. The average Bonchev–Trinajstić information content (AvgIpc) is 2.52. The second kappa shape index (κ2) is 8.14. The maximum atomic E-state index is 13.7. The molecule has 0 aliphatic rings. The highest BCUT2D eigenvalue weighted by atomic mass is 79.9. The Kier molecular flexibility index (Phi) is 7.11. The molecule has 10 heteroatoms. The number of ether oxygens (including phenoxy) is 2. The molecule has 0 saturated carbocycles. The van der Waals surface area contributed by atoms with Gasteiger partial charge in [0.2, 0.25) is 0 Å². The number of hydrogen-bond donors (Lipinski definition) is 1. The summed E-state index contributed by atoms with van der Waals surface area (Å²) in [6, 6.07) is 0. The lowest BCUT2D eigenvalue weighted by atomic mass is 10.2. The van der Waals surface area contributed by atoms with E-state index in [2.05, 4.69) is 46.7 Å². The van der Waals surface area contributed by atoms with Crippen molar-refractivity contribution < 1.29 is 23.5 Å². The SMILES string of the molecule is COC(=O)/C=C(/Nc1c(Br)c(Cl)c(F)c(Cl)c1Br)C(=O)OC. The first-order valence-electron chi connectivity index (χ1n) is 5.41. The van der Waals surface area contributed by atoms with Crippen LogP contribution in [0.1, 0.15) is 0 Å². The first-order valence-corrected chi connectivity index (χ1v) is 7.75. The smallest absolute Gasteiger partial charge is 0.354 e. The molecule has 1 aromatic rings. The molecule has 120 valence electrons. The molecular weight excluding hydrogens is 472 g/mol. The molecule has 1 rings (SSSR count). The molecule has 0 bridgehead atoms. The van der Waals surface area contributed by atoms with Crippen LogP contribution in [0.25, 0.3) is 0 Å². The molecule has 0 unspecified atom stereocenters. The van der Waals surface area contributed by atoms with Crippen LogP contribution in [0.2, 0.25) is 10.0 Å². The third kappa shape index (κ3) is 4.13. The monoisotopic (exact) mass is 477 g/mol. The van der Waals surface area contributed by atoms with E-state index in [0.717, 1.165) is 20.3 Å². The molecule has 1 aromatic carbocycles. The normalized spacial score (nSPS) is 11.1. The molecule has 0 amide bonds. The van der Waals surface area contributed by atoms with Crippen molar-refractivity contribution in [1.29, 1.82) is 0 Å². The van der Waals surface area contributed by atoms with Crippen molar-refractivity contribution in [1.82, 2.24) is 0 Å². The fraction of sp³-hybridized carbons (Fsp3) is 0.167. The number of benzene rings is 1. The lowest BCUT2D eigenvalue weighted by Gasteiger charge is -2.15. The van der Waals surface area contributed by atoms with E-state index >= 15 is 0 Å². The van der Waals surface area contributed by atoms with Crippen LogP contribution in [0, 0.1) is 5.82 Å². The van der Waals surface area contributed by atoms with Gasteiger partial charge in [-0.2, -0.15) is 0 Å². The Labute approximate surface area is 152 Å². The van der Waals surface area contributed by atoms with Crippen LogP contribution in [-0.4, -0.2) is 26.2 Å². The molecule has 0 radical (unpaired) electrons. The van der Waals surface area contributed by atoms with E-state index in [4.69, 9.17) is 23.2 Å². The highest BCUT2D eigenvalue weighted by Crippen LogP contribution is 2.44. The third-order valence-corrected chi connectivity index (χ3v) is 5.09. The number of carbonyl (C=O) groups is 2. The van der Waals surface area contributed by atoms with Crippen molar-refractivity contribution in [2.75, 3.05) is 19.5 Å². The standard InChI is InChI=1S/C12H8Br2Cl2FNO4/c1-21-5(19)3-4(12(20)22-2)18-11-6(13)8(15)10(17)9(16)7(11)14/h3,18H,1-2H3/b4-3+. The molecule has 5 nitrogen and oxygen atoms in total. The van der Waals surface area contributed by atoms with E-state index in [1.807, 2.05) is 0 Å². The summed E-state index contributed by atoms with van der Waals surface area (Å²) >= 11 is 17.8. The summed E-state index contributed by atoms with van der Waals surface area (Å²) in [7, 11) is 2.27. The second-order valence-corrected chi connectivity index (χ2v) is 5.98. The number of esters is 2. The van der Waals surface area contributed by atoms with E-state index in [-0.39, 0.29) is 30.4 Å². The first kappa shape index (κ1) is 19.2.